The van der Waals surface area contributed by atoms with Crippen LogP contribution in [-0.2, 0) is 11.3 Å². The topological polar surface area (TPSA) is 38.3 Å². The second-order valence-electron chi connectivity index (χ2n) is 4.90. The third-order valence-corrected chi connectivity index (χ3v) is 2.87. The minimum absolute atomic E-state index is 0.0758. The van der Waals surface area contributed by atoms with Gasteiger partial charge in [-0.3, -0.25) is 0 Å². The van der Waals surface area contributed by atoms with E-state index in [1.165, 1.54) is 0 Å². The van der Waals surface area contributed by atoms with E-state index in [1.807, 2.05) is 68.4 Å². The van der Waals surface area contributed by atoms with Gasteiger partial charge in [0.05, 0.1) is 0 Å². The molecule has 20 heavy (non-hydrogen) atoms. The summed E-state index contributed by atoms with van der Waals surface area (Å²) in [6.07, 6.45) is -0.386. The molecule has 0 unspecified atom stereocenters. The highest BCUT2D eigenvalue weighted by Crippen LogP contribution is 2.23. The summed E-state index contributed by atoms with van der Waals surface area (Å²) in [6.45, 7) is 4.07. The fourth-order valence-corrected chi connectivity index (χ4v) is 1.97. The van der Waals surface area contributed by atoms with E-state index in [0.29, 0.717) is 0 Å². The van der Waals surface area contributed by atoms with Crippen molar-refractivity contribution < 1.29 is 9.53 Å². The number of rotatable bonds is 4. The first-order valence-corrected chi connectivity index (χ1v) is 6.73. The molecule has 3 heteroatoms. The van der Waals surface area contributed by atoms with Gasteiger partial charge in [0, 0.05) is 6.04 Å². The van der Waals surface area contributed by atoms with Crippen LogP contribution in [0.1, 0.15) is 19.4 Å². The second-order valence-corrected chi connectivity index (χ2v) is 4.90. The maximum absolute atomic E-state index is 11.5. The molecule has 2 aromatic rings. The van der Waals surface area contributed by atoms with Gasteiger partial charge >= 0.3 is 6.09 Å². The fraction of sp³-hybridized carbons (Fsp3) is 0.235. The van der Waals surface area contributed by atoms with Crippen LogP contribution in [0, 0.1) is 0 Å². The van der Waals surface area contributed by atoms with Crippen LogP contribution in [0.4, 0.5) is 4.79 Å². The van der Waals surface area contributed by atoms with E-state index in [2.05, 4.69) is 5.32 Å². The lowest BCUT2D eigenvalue weighted by Gasteiger charge is -2.12. The first kappa shape index (κ1) is 14.1. The molecule has 104 valence electrons. The number of carbonyl (C=O) groups excluding carboxylic acids is 1. The molecule has 0 heterocycles. The van der Waals surface area contributed by atoms with Crippen LogP contribution in [0.5, 0.6) is 0 Å². The number of carbonyl (C=O) groups is 1. The molecule has 0 aliphatic heterocycles. The first-order valence-electron chi connectivity index (χ1n) is 6.73. The average Bonchev–Trinajstić information content (AvgIpc) is 2.46. The number of hydrogen-bond donors (Lipinski definition) is 1. The highest BCUT2D eigenvalue weighted by atomic mass is 16.5. The van der Waals surface area contributed by atoms with Gasteiger partial charge in [-0.25, -0.2) is 4.79 Å². The lowest BCUT2D eigenvalue weighted by molar-refractivity contribution is 0.137. The molecule has 0 radical (unpaired) electrons. The quantitative estimate of drug-likeness (QED) is 0.911. The normalized spacial score (nSPS) is 10.3. The van der Waals surface area contributed by atoms with Crippen molar-refractivity contribution in [2.75, 3.05) is 0 Å². The molecule has 0 saturated heterocycles. The zero-order chi connectivity index (χ0) is 14.4. The van der Waals surface area contributed by atoms with Crippen LogP contribution in [0.2, 0.25) is 0 Å². The van der Waals surface area contributed by atoms with Gasteiger partial charge < -0.3 is 10.1 Å². The van der Waals surface area contributed by atoms with Crippen LogP contribution in [0.25, 0.3) is 11.1 Å². The van der Waals surface area contributed by atoms with Crippen molar-refractivity contribution in [3.05, 3.63) is 60.2 Å². The Kier molecular flexibility index (Phi) is 4.77. The number of alkyl carbamates (subject to hydrolysis) is 1. The number of benzene rings is 2. The monoisotopic (exact) mass is 269 g/mol. The highest BCUT2D eigenvalue weighted by molar-refractivity contribution is 5.69. The lowest BCUT2D eigenvalue weighted by atomic mass is 10.0. The maximum Gasteiger partial charge on any atom is 0.407 e. The molecule has 2 aromatic carbocycles. The molecule has 0 aliphatic rings. The molecule has 2 rings (SSSR count). The average molecular weight is 269 g/mol. The van der Waals surface area contributed by atoms with Crippen LogP contribution < -0.4 is 5.32 Å². The van der Waals surface area contributed by atoms with Crippen LogP contribution in [0.15, 0.2) is 54.6 Å². The summed E-state index contributed by atoms with van der Waals surface area (Å²) in [5, 5.41) is 2.71. The van der Waals surface area contributed by atoms with Gasteiger partial charge in [-0.2, -0.15) is 0 Å². The molecule has 0 bridgehead atoms. The molecule has 0 atom stereocenters. The van der Waals surface area contributed by atoms with Crippen LogP contribution in [-0.4, -0.2) is 12.1 Å². The molecular formula is C17H19NO2. The van der Waals surface area contributed by atoms with E-state index >= 15 is 0 Å². The van der Waals surface area contributed by atoms with Gasteiger partial charge in [-0.1, -0.05) is 54.6 Å². The molecule has 0 spiro atoms. The van der Waals surface area contributed by atoms with E-state index in [1.54, 1.807) is 0 Å². The summed E-state index contributed by atoms with van der Waals surface area (Å²) in [7, 11) is 0. The van der Waals surface area contributed by atoms with Crippen molar-refractivity contribution in [3.8, 4) is 11.1 Å². The van der Waals surface area contributed by atoms with Crippen molar-refractivity contribution in [3.63, 3.8) is 0 Å². The minimum Gasteiger partial charge on any atom is -0.445 e. The van der Waals surface area contributed by atoms with Gasteiger partial charge in [0.15, 0.2) is 0 Å². The Balaban J connectivity index is 2.11. The summed E-state index contributed by atoms with van der Waals surface area (Å²) < 4.78 is 5.25. The van der Waals surface area contributed by atoms with E-state index in [4.69, 9.17) is 4.74 Å². The summed E-state index contributed by atoms with van der Waals surface area (Å²) in [5.74, 6) is 0. The summed E-state index contributed by atoms with van der Waals surface area (Å²) >= 11 is 0. The minimum atomic E-state index is -0.386. The third-order valence-electron chi connectivity index (χ3n) is 2.87. The molecule has 1 amide bonds. The SMILES string of the molecule is CC(C)NC(=O)OCc1ccccc1-c1ccccc1. The Morgan fingerprint density at radius 2 is 1.70 bits per heavy atom. The maximum atomic E-state index is 11.5. The molecular weight excluding hydrogens is 250 g/mol. The third kappa shape index (κ3) is 3.85. The molecule has 3 nitrogen and oxygen atoms in total. The Labute approximate surface area is 119 Å². The van der Waals surface area contributed by atoms with Crippen LogP contribution >= 0.6 is 0 Å². The first-order chi connectivity index (χ1) is 9.66. The smallest absolute Gasteiger partial charge is 0.407 e. The highest BCUT2D eigenvalue weighted by Gasteiger charge is 2.08. The molecule has 0 aromatic heterocycles. The largest absolute Gasteiger partial charge is 0.445 e. The number of amides is 1. The van der Waals surface area contributed by atoms with Crippen molar-refractivity contribution in [1.82, 2.24) is 5.32 Å². The van der Waals surface area contributed by atoms with Crippen LogP contribution in [0.3, 0.4) is 0 Å². The number of nitrogens with one attached hydrogen (secondary N) is 1. The second kappa shape index (κ2) is 6.75. The van der Waals surface area contributed by atoms with Crippen molar-refractivity contribution in [2.24, 2.45) is 0 Å². The number of ether oxygens (including phenoxy) is 1. The molecule has 0 saturated carbocycles. The zero-order valence-electron chi connectivity index (χ0n) is 11.8. The Bertz CT molecular complexity index is 564. The Morgan fingerprint density at radius 1 is 1.05 bits per heavy atom. The van der Waals surface area contributed by atoms with Gasteiger partial charge in [-0.15, -0.1) is 0 Å². The van der Waals surface area contributed by atoms with E-state index in [0.717, 1.165) is 16.7 Å². The van der Waals surface area contributed by atoms with Gasteiger partial charge in [0.25, 0.3) is 0 Å². The summed E-state index contributed by atoms with van der Waals surface area (Å²) in [4.78, 5) is 11.5. The predicted molar refractivity (Wildman–Crippen MR) is 80.3 cm³/mol. The van der Waals surface area contributed by atoms with Crippen molar-refractivity contribution in [2.45, 2.75) is 26.5 Å². The van der Waals surface area contributed by atoms with Gasteiger partial charge in [0.1, 0.15) is 6.61 Å². The van der Waals surface area contributed by atoms with E-state index in [-0.39, 0.29) is 18.7 Å². The van der Waals surface area contributed by atoms with Gasteiger partial charge in [0.2, 0.25) is 0 Å². The zero-order valence-corrected chi connectivity index (χ0v) is 11.8. The Morgan fingerprint density at radius 3 is 2.40 bits per heavy atom. The molecule has 0 aliphatic carbocycles. The van der Waals surface area contributed by atoms with E-state index in [9.17, 15) is 4.79 Å². The summed E-state index contributed by atoms with van der Waals surface area (Å²) in [6, 6.07) is 18.1. The lowest BCUT2D eigenvalue weighted by Crippen LogP contribution is -2.30. The van der Waals surface area contributed by atoms with Crippen molar-refractivity contribution in [1.29, 1.82) is 0 Å². The van der Waals surface area contributed by atoms with Crippen molar-refractivity contribution >= 4 is 6.09 Å². The number of hydrogen-bond acceptors (Lipinski definition) is 2. The molecule has 1 N–H and O–H groups in total. The molecule has 0 fully saturated rings. The standard InChI is InChI=1S/C17H19NO2/c1-13(2)18-17(19)20-12-15-10-6-7-11-16(15)14-8-4-3-5-9-14/h3-11,13H,12H2,1-2H3,(H,18,19). The fourth-order valence-electron chi connectivity index (χ4n) is 1.97. The predicted octanol–water partition coefficient (Wildman–Crippen LogP) is 3.99. The Hall–Kier alpha value is -2.29. The van der Waals surface area contributed by atoms with Gasteiger partial charge in [-0.05, 0) is 30.5 Å². The summed E-state index contributed by atoms with van der Waals surface area (Å²) in [5.41, 5.74) is 3.21. The van der Waals surface area contributed by atoms with E-state index < -0.39 is 0 Å².